The van der Waals surface area contributed by atoms with E-state index in [0.29, 0.717) is 18.1 Å². The monoisotopic (exact) mass is 262 g/mol. The summed E-state index contributed by atoms with van der Waals surface area (Å²) < 4.78 is 12.7. The highest BCUT2D eigenvalue weighted by atomic mass is 16.5. The molecule has 0 aliphatic carbocycles. The number of nitrogens with zero attached hydrogens (tertiary/aromatic N) is 2. The Morgan fingerprint density at radius 3 is 2.84 bits per heavy atom. The Labute approximate surface area is 112 Å². The van der Waals surface area contributed by atoms with Crippen molar-refractivity contribution in [3.8, 4) is 11.5 Å². The van der Waals surface area contributed by atoms with Gasteiger partial charge >= 0.3 is 0 Å². The Bertz CT molecular complexity index is 515. The van der Waals surface area contributed by atoms with Crippen molar-refractivity contribution in [3.05, 3.63) is 41.7 Å². The van der Waals surface area contributed by atoms with Crippen LogP contribution in [-0.4, -0.2) is 28.6 Å². The van der Waals surface area contributed by atoms with Gasteiger partial charge < -0.3 is 14.6 Å². The van der Waals surface area contributed by atoms with Crippen LogP contribution in [0.4, 0.5) is 0 Å². The first-order chi connectivity index (χ1) is 9.24. The lowest BCUT2D eigenvalue weighted by Gasteiger charge is -2.13. The minimum Gasteiger partial charge on any atom is -0.493 e. The predicted octanol–water partition coefficient (Wildman–Crippen LogP) is 1.54. The summed E-state index contributed by atoms with van der Waals surface area (Å²) in [6.45, 7) is 0.443. The van der Waals surface area contributed by atoms with Crippen LogP contribution in [0.1, 0.15) is 11.1 Å². The second-order valence-electron chi connectivity index (χ2n) is 4.23. The van der Waals surface area contributed by atoms with Gasteiger partial charge in [-0.25, -0.2) is 0 Å². The second kappa shape index (κ2) is 6.24. The van der Waals surface area contributed by atoms with Crippen LogP contribution in [0.2, 0.25) is 0 Å². The summed E-state index contributed by atoms with van der Waals surface area (Å²) in [5.41, 5.74) is 1.84. The molecule has 5 heteroatoms. The average molecular weight is 262 g/mol. The van der Waals surface area contributed by atoms with Gasteiger partial charge in [0, 0.05) is 25.2 Å². The van der Waals surface area contributed by atoms with Crippen LogP contribution < -0.4 is 9.47 Å². The number of ether oxygens (including phenoxy) is 2. The van der Waals surface area contributed by atoms with Gasteiger partial charge in [-0.3, -0.25) is 4.68 Å². The molecule has 0 spiro atoms. The summed E-state index contributed by atoms with van der Waals surface area (Å²) in [7, 11) is 3.47. The van der Waals surface area contributed by atoms with Gasteiger partial charge in [-0.1, -0.05) is 12.1 Å². The van der Waals surface area contributed by atoms with E-state index in [9.17, 15) is 5.11 Å². The molecule has 5 nitrogen and oxygen atoms in total. The molecule has 0 atom stereocenters. The minimum absolute atomic E-state index is 0.0700. The van der Waals surface area contributed by atoms with Crippen molar-refractivity contribution in [3.63, 3.8) is 0 Å². The normalized spacial score (nSPS) is 10.5. The van der Waals surface area contributed by atoms with Crippen LogP contribution >= 0.6 is 0 Å². The number of aryl methyl sites for hydroxylation is 1. The Kier molecular flexibility index (Phi) is 4.41. The molecule has 1 N–H and O–H groups in total. The third-order valence-electron chi connectivity index (χ3n) is 2.85. The van der Waals surface area contributed by atoms with Crippen LogP contribution in [0.15, 0.2) is 30.6 Å². The van der Waals surface area contributed by atoms with Gasteiger partial charge in [0.1, 0.15) is 0 Å². The number of benzene rings is 1. The number of rotatable bonds is 6. The van der Waals surface area contributed by atoms with Crippen LogP contribution in [0, 0.1) is 0 Å². The van der Waals surface area contributed by atoms with E-state index in [1.165, 1.54) is 0 Å². The van der Waals surface area contributed by atoms with Crippen LogP contribution in [0.5, 0.6) is 11.5 Å². The van der Waals surface area contributed by atoms with Crippen molar-refractivity contribution in [1.82, 2.24) is 9.78 Å². The molecule has 1 aromatic heterocycles. The molecule has 0 fully saturated rings. The molecule has 0 aliphatic heterocycles. The highest BCUT2D eigenvalue weighted by molar-refractivity contribution is 5.46. The lowest BCUT2D eigenvalue weighted by molar-refractivity contribution is 0.256. The highest BCUT2D eigenvalue weighted by Gasteiger charge is 2.09. The molecule has 0 aliphatic rings. The number of aliphatic hydroxyl groups excluding tert-OH is 1. The molecular formula is C14H18N2O3. The fourth-order valence-electron chi connectivity index (χ4n) is 1.88. The fraction of sp³-hybridized carbons (Fsp3) is 0.357. The molecule has 0 saturated carbocycles. The van der Waals surface area contributed by atoms with Gasteiger partial charge in [0.25, 0.3) is 0 Å². The minimum atomic E-state index is -0.0700. The molecule has 0 radical (unpaired) electrons. The second-order valence-corrected chi connectivity index (χ2v) is 4.23. The zero-order valence-electron chi connectivity index (χ0n) is 11.2. The van der Waals surface area contributed by atoms with Crippen molar-refractivity contribution in [1.29, 1.82) is 0 Å². The van der Waals surface area contributed by atoms with E-state index in [1.54, 1.807) is 11.8 Å². The summed E-state index contributed by atoms with van der Waals surface area (Å²) in [5.74, 6) is 1.24. The van der Waals surface area contributed by atoms with Crippen molar-refractivity contribution < 1.29 is 14.6 Å². The summed E-state index contributed by atoms with van der Waals surface area (Å²) >= 11 is 0. The molecule has 102 valence electrons. The molecule has 0 saturated heterocycles. The molecule has 0 bridgehead atoms. The van der Waals surface area contributed by atoms with Crippen LogP contribution in [0.25, 0.3) is 0 Å². The number of hydrogen-bond donors (Lipinski definition) is 1. The Morgan fingerprint density at radius 1 is 1.37 bits per heavy atom. The zero-order valence-corrected chi connectivity index (χ0v) is 11.2. The average Bonchev–Trinajstić information content (AvgIpc) is 2.84. The van der Waals surface area contributed by atoms with E-state index in [-0.39, 0.29) is 6.61 Å². The smallest absolute Gasteiger partial charge is 0.166 e. The van der Waals surface area contributed by atoms with E-state index in [0.717, 1.165) is 17.5 Å². The van der Waals surface area contributed by atoms with Crippen molar-refractivity contribution in [2.24, 2.45) is 7.05 Å². The number of methoxy groups -OCH3 is 1. The topological polar surface area (TPSA) is 56.5 Å². The molecular weight excluding hydrogens is 244 g/mol. The maximum absolute atomic E-state index is 9.31. The van der Waals surface area contributed by atoms with Crippen molar-refractivity contribution >= 4 is 0 Å². The molecule has 2 rings (SSSR count). The lowest BCUT2D eigenvalue weighted by atomic mass is 10.2. The zero-order chi connectivity index (χ0) is 13.7. The van der Waals surface area contributed by atoms with Crippen molar-refractivity contribution in [2.75, 3.05) is 13.7 Å². The lowest BCUT2D eigenvalue weighted by Crippen LogP contribution is -2.04. The van der Waals surface area contributed by atoms with E-state index in [4.69, 9.17) is 9.47 Å². The number of hydrogen-bond acceptors (Lipinski definition) is 4. The van der Waals surface area contributed by atoms with E-state index >= 15 is 0 Å². The molecule has 0 amide bonds. The number of aliphatic hydroxyl groups is 1. The summed E-state index contributed by atoms with van der Waals surface area (Å²) in [5, 5.41) is 13.4. The standard InChI is InChI=1S/C14H18N2O3/c1-16-9-11(8-15-16)6-7-19-14-12(10-17)4-3-5-13(14)18-2/h3-5,8-9,17H,6-7,10H2,1-2H3. The van der Waals surface area contributed by atoms with E-state index in [2.05, 4.69) is 5.10 Å². The van der Waals surface area contributed by atoms with Gasteiger partial charge in [-0.05, 0) is 11.6 Å². The highest BCUT2D eigenvalue weighted by Crippen LogP contribution is 2.31. The summed E-state index contributed by atoms with van der Waals surface area (Å²) in [4.78, 5) is 0. The first-order valence-electron chi connectivity index (χ1n) is 6.11. The predicted molar refractivity (Wildman–Crippen MR) is 71.3 cm³/mol. The quantitative estimate of drug-likeness (QED) is 0.858. The van der Waals surface area contributed by atoms with Crippen molar-refractivity contribution in [2.45, 2.75) is 13.0 Å². The SMILES string of the molecule is COc1cccc(CO)c1OCCc1cnn(C)c1. The summed E-state index contributed by atoms with van der Waals surface area (Å²) in [6, 6.07) is 5.47. The Hall–Kier alpha value is -2.01. The summed E-state index contributed by atoms with van der Waals surface area (Å²) in [6.07, 6.45) is 4.54. The fourth-order valence-corrected chi connectivity index (χ4v) is 1.88. The first-order valence-corrected chi connectivity index (χ1v) is 6.11. The van der Waals surface area contributed by atoms with Gasteiger partial charge in [0.15, 0.2) is 11.5 Å². The van der Waals surface area contributed by atoms with Gasteiger partial charge in [0.2, 0.25) is 0 Å². The molecule has 19 heavy (non-hydrogen) atoms. The number of aromatic nitrogens is 2. The Balaban J connectivity index is 2.02. The third kappa shape index (κ3) is 3.26. The van der Waals surface area contributed by atoms with Crippen LogP contribution in [-0.2, 0) is 20.1 Å². The van der Waals surface area contributed by atoms with Gasteiger partial charge in [-0.15, -0.1) is 0 Å². The molecule has 1 heterocycles. The third-order valence-corrected chi connectivity index (χ3v) is 2.85. The van der Waals surface area contributed by atoms with Gasteiger partial charge in [-0.2, -0.15) is 5.10 Å². The van der Waals surface area contributed by atoms with Gasteiger partial charge in [0.05, 0.1) is 26.5 Å². The molecule has 1 aromatic carbocycles. The Morgan fingerprint density at radius 2 is 2.21 bits per heavy atom. The van der Waals surface area contributed by atoms with E-state index in [1.807, 2.05) is 37.6 Å². The molecule has 0 unspecified atom stereocenters. The van der Waals surface area contributed by atoms with E-state index < -0.39 is 0 Å². The molecule has 2 aromatic rings. The first kappa shape index (κ1) is 13.4. The maximum Gasteiger partial charge on any atom is 0.166 e. The largest absolute Gasteiger partial charge is 0.493 e. The maximum atomic E-state index is 9.31. The van der Waals surface area contributed by atoms with Crippen LogP contribution in [0.3, 0.4) is 0 Å². The number of para-hydroxylation sites is 1.